The fourth-order valence-electron chi connectivity index (χ4n) is 1.64. The van der Waals surface area contributed by atoms with Gasteiger partial charge in [0.05, 0.1) is 17.3 Å². The molecule has 0 heterocycles. The van der Waals surface area contributed by atoms with Gasteiger partial charge in [0.25, 0.3) is 0 Å². The summed E-state index contributed by atoms with van der Waals surface area (Å²) in [5.74, 6) is -5.88. The fourth-order valence-corrected chi connectivity index (χ4v) is 2.22. The molecule has 0 saturated heterocycles. The van der Waals surface area contributed by atoms with Gasteiger partial charge in [0.15, 0.2) is 11.5 Å². The van der Waals surface area contributed by atoms with Crippen molar-refractivity contribution in [3.05, 3.63) is 34.8 Å². The van der Waals surface area contributed by atoms with Gasteiger partial charge < -0.3 is 9.47 Å². The van der Waals surface area contributed by atoms with Gasteiger partial charge in [0, 0.05) is 0 Å². The number of rotatable bonds is 9. The SMILES string of the molecule is C=CCOc1c(Br)cc(/C=N\NC(F)(F)C(F)(F)C(F)(F)F)cc1OCC. The summed E-state index contributed by atoms with van der Waals surface area (Å²) in [5.41, 5.74) is 0.604. The van der Waals surface area contributed by atoms with Crippen LogP contribution in [0.15, 0.2) is 34.4 Å². The van der Waals surface area contributed by atoms with E-state index in [1.807, 2.05) is 0 Å². The Balaban J connectivity index is 3.06. The Morgan fingerprint density at radius 1 is 1.15 bits per heavy atom. The molecule has 152 valence electrons. The summed E-state index contributed by atoms with van der Waals surface area (Å²) < 4.78 is 98.9. The summed E-state index contributed by atoms with van der Waals surface area (Å²) in [6.45, 7) is 5.48. The van der Waals surface area contributed by atoms with Gasteiger partial charge in [0.1, 0.15) is 6.61 Å². The molecule has 0 bridgehead atoms. The predicted octanol–water partition coefficient (Wildman–Crippen LogP) is 5.13. The van der Waals surface area contributed by atoms with E-state index in [9.17, 15) is 30.7 Å². The van der Waals surface area contributed by atoms with Gasteiger partial charge in [-0.1, -0.05) is 12.7 Å². The number of ether oxygens (including phenoxy) is 2. The Morgan fingerprint density at radius 2 is 1.78 bits per heavy atom. The van der Waals surface area contributed by atoms with Gasteiger partial charge in [-0.05, 0) is 40.5 Å². The van der Waals surface area contributed by atoms with E-state index in [-0.39, 0.29) is 30.3 Å². The molecule has 0 radical (unpaired) electrons. The van der Waals surface area contributed by atoms with Crippen molar-refractivity contribution < 1.29 is 40.2 Å². The Labute approximate surface area is 158 Å². The summed E-state index contributed by atoms with van der Waals surface area (Å²) in [4.78, 5) is 0. The molecule has 0 saturated carbocycles. The lowest BCUT2D eigenvalue weighted by atomic mass is 10.2. The molecule has 0 unspecified atom stereocenters. The standard InChI is InChI=1S/C15H14BrF7N2O2/c1-3-5-27-12-10(16)6-9(7-11(12)26-4-2)8-24-25-15(22,23)13(17,18)14(19,20)21/h3,6-8,25H,1,4-5H2,2H3/b24-8-. The van der Waals surface area contributed by atoms with E-state index in [1.165, 1.54) is 18.2 Å². The number of hydrogen-bond donors (Lipinski definition) is 1. The zero-order chi connectivity index (χ0) is 20.9. The second-order valence-corrected chi connectivity index (χ2v) is 5.73. The molecule has 1 N–H and O–H groups in total. The van der Waals surface area contributed by atoms with Crippen LogP contribution in [-0.2, 0) is 0 Å². The van der Waals surface area contributed by atoms with Crippen LogP contribution in [0.4, 0.5) is 30.7 Å². The van der Waals surface area contributed by atoms with E-state index in [0.29, 0.717) is 16.1 Å². The third-order valence-electron chi connectivity index (χ3n) is 2.85. The van der Waals surface area contributed by atoms with Gasteiger partial charge >= 0.3 is 18.1 Å². The third-order valence-corrected chi connectivity index (χ3v) is 3.44. The van der Waals surface area contributed by atoms with Crippen molar-refractivity contribution in [1.82, 2.24) is 5.43 Å². The molecule has 1 rings (SSSR count). The van der Waals surface area contributed by atoms with Gasteiger partial charge in [-0.3, -0.25) is 0 Å². The number of hydrazone groups is 1. The molecule has 0 atom stereocenters. The molecule has 0 fully saturated rings. The average molecular weight is 467 g/mol. The monoisotopic (exact) mass is 466 g/mol. The van der Waals surface area contributed by atoms with Crippen molar-refractivity contribution in [1.29, 1.82) is 0 Å². The highest BCUT2D eigenvalue weighted by Crippen LogP contribution is 2.45. The van der Waals surface area contributed by atoms with E-state index in [0.717, 1.165) is 0 Å². The fraction of sp³-hybridized carbons (Fsp3) is 0.400. The van der Waals surface area contributed by atoms with Crippen molar-refractivity contribution in [2.24, 2.45) is 5.10 Å². The minimum atomic E-state index is -6.45. The Morgan fingerprint density at radius 3 is 2.30 bits per heavy atom. The first-order chi connectivity index (χ1) is 12.4. The molecular formula is C15H14BrF7N2O2. The van der Waals surface area contributed by atoms with E-state index in [1.54, 1.807) is 6.92 Å². The van der Waals surface area contributed by atoms with E-state index < -0.39 is 18.1 Å². The lowest BCUT2D eigenvalue weighted by Gasteiger charge is -2.27. The Hall–Kier alpha value is -1.98. The first kappa shape index (κ1) is 23.1. The minimum Gasteiger partial charge on any atom is -0.490 e. The quantitative estimate of drug-likeness (QED) is 0.180. The first-order valence-electron chi connectivity index (χ1n) is 7.20. The largest absolute Gasteiger partial charge is 0.490 e. The van der Waals surface area contributed by atoms with Crippen LogP contribution in [0.1, 0.15) is 12.5 Å². The number of alkyl halides is 7. The molecule has 1 aromatic carbocycles. The van der Waals surface area contributed by atoms with E-state index in [2.05, 4.69) is 27.6 Å². The van der Waals surface area contributed by atoms with Crippen molar-refractivity contribution in [3.8, 4) is 11.5 Å². The molecule has 12 heteroatoms. The first-order valence-corrected chi connectivity index (χ1v) is 7.99. The maximum atomic E-state index is 13.1. The lowest BCUT2D eigenvalue weighted by Crippen LogP contribution is -2.58. The number of halogens is 8. The topological polar surface area (TPSA) is 42.8 Å². The summed E-state index contributed by atoms with van der Waals surface area (Å²) in [7, 11) is 0. The summed E-state index contributed by atoms with van der Waals surface area (Å²) in [6.07, 6.45) is -4.36. The van der Waals surface area contributed by atoms with Crippen molar-refractivity contribution in [3.63, 3.8) is 0 Å². The maximum absolute atomic E-state index is 13.1. The van der Waals surface area contributed by atoms with Crippen LogP contribution in [0.25, 0.3) is 0 Å². The van der Waals surface area contributed by atoms with Gasteiger partial charge in [-0.25, -0.2) is 5.43 Å². The smallest absolute Gasteiger partial charge is 0.462 e. The molecule has 0 amide bonds. The van der Waals surface area contributed by atoms with Crippen LogP contribution < -0.4 is 14.9 Å². The summed E-state index contributed by atoms with van der Waals surface area (Å²) >= 11 is 3.15. The van der Waals surface area contributed by atoms with Crippen LogP contribution in [0.3, 0.4) is 0 Å². The molecule has 27 heavy (non-hydrogen) atoms. The highest BCUT2D eigenvalue weighted by molar-refractivity contribution is 9.10. The lowest BCUT2D eigenvalue weighted by molar-refractivity contribution is -0.361. The summed E-state index contributed by atoms with van der Waals surface area (Å²) in [6, 6.07) is -3.06. The summed E-state index contributed by atoms with van der Waals surface area (Å²) in [5, 5.41) is 2.79. The van der Waals surface area contributed by atoms with Crippen LogP contribution in [0.5, 0.6) is 11.5 Å². The highest BCUT2D eigenvalue weighted by Gasteiger charge is 2.73. The molecule has 1 aromatic rings. The van der Waals surface area contributed by atoms with Crippen molar-refractivity contribution in [2.75, 3.05) is 13.2 Å². The Bertz CT molecular complexity index is 693. The number of hydrogen-bond acceptors (Lipinski definition) is 4. The van der Waals surface area contributed by atoms with Gasteiger partial charge in [-0.15, -0.1) is 0 Å². The van der Waals surface area contributed by atoms with E-state index in [4.69, 9.17) is 9.47 Å². The number of nitrogens with one attached hydrogen (secondary N) is 1. The molecule has 0 aliphatic heterocycles. The number of benzene rings is 1. The third kappa shape index (κ3) is 5.50. The molecule has 0 aromatic heterocycles. The van der Waals surface area contributed by atoms with Crippen molar-refractivity contribution >= 4 is 22.1 Å². The highest BCUT2D eigenvalue weighted by atomic mass is 79.9. The molecule has 4 nitrogen and oxygen atoms in total. The second-order valence-electron chi connectivity index (χ2n) is 4.88. The Kier molecular flexibility index (Phi) is 7.52. The van der Waals surface area contributed by atoms with Gasteiger partial charge in [0.2, 0.25) is 0 Å². The maximum Gasteiger partial charge on any atom is 0.462 e. The molecular weight excluding hydrogens is 453 g/mol. The normalized spacial score (nSPS) is 12.9. The molecule has 0 aliphatic rings. The van der Waals surface area contributed by atoms with Crippen LogP contribution >= 0.6 is 15.9 Å². The van der Waals surface area contributed by atoms with Crippen LogP contribution in [0.2, 0.25) is 0 Å². The average Bonchev–Trinajstić information content (AvgIpc) is 2.53. The van der Waals surface area contributed by atoms with Crippen molar-refractivity contribution in [2.45, 2.75) is 25.1 Å². The zero-order valence-corrected chi connectivity index (χ0v) is 15.3. The van der Waals surface area contributed by atoms with Crippen LogP contribution in [-0.4, -0.2) is 37.6 Å². The molecule has 0 aliphatic carbocycles. The van der Waals surface area contributed by atoms with E-state index >= 15 is 0 Å². The number of nitrogens with zero attached hydrogens (tertiary/aromatic N) is 1. The molecule has 0 spiro atoms. The minimum absolute atomic E-state index is 0.0647. The second kappa shape index (κ2) is 8.81. The van der Waals surface area contributed by atoms with Gasteiger partial charge in [-0.2, -0.15) is 35.8 Å². The zero-order valence-electron chi connectivity index (χ0n) is 13.7. The van der Waals surface area contributed by atoms with Crippen LogP contribution in [0, 0.1) is 0 Å². The predicted molar refractivity (Wildman–Crippen MR) is 87.7 cm³/mol.